The van der Waals surface area contributed by atoms with Crippen molar-refractivity contribution >= 4 is 40.4 Å². The number of carbonyl (C=O) groups is 1. The minimum atomic E-state index is -0.713. The number of hydrogen-bond acceptors (Lipinski definition) is 6. The lowest BCUT2D eigenvalue weighted by molar-refractivity contribution is 0.259. The first-order valence-corrected chi connectivity index (χ1v) is 7.76. The number of nitrogens with two attached hydrogens (primary N) is 1. The Morgan fingerprint density at radius 1 is 1.24 bits per heavy atom. The molecule has 3 aromatic rings. The van der Waals surface area contributed by atoms with Crippen LogP contribution >= 0.6 is 11.6 Å². The Balaban J connectivity index is 1.88. The third kappa shape index (κ3) is 4.11. The van der Waals surface area contributed by atoms with Crippen LogP contribution in [-0.4, -0.2) is 32.7 Å². The molecule has 2 amide bonds. The van der Waals surface area contributed by atoms with Gasteiger partial charge in [0.25, 0.3) is 0 Å². The first-order chi connectivity index (χ1) is 12.0. The van der Waals surface area contributed by atoms with Gasteiger partial charge in [-0.2, -0.15) is 0 Å². The lowest BCUT2D eigenvalue weighted by Gasteiger charge is -2.17. The second-order valence-electron chi connectivity index (χ2n) is 5.22. The van der Waals surface area contributed by atoms with Gasteiger partial charge in [0.1, 0.15) is 17.2 Å². The van der Waals surface area contributed by atoms with E-state index in [4.69, 9.17) is 17.3 Å². The molecule has 0 fully saturated rings. The number of nitrogens with zero attached hydrogens (tertiary/aromatic N) is 3. The van der Waals surface area contributed by atoms with Gasteiger partial charge >= 0.3 is 6.03 Å². The van der Waals surface area contributed by atoms with Crippen molar-refractivity contribution in [3.05, 3.63) is 53.2 Å². The van der Waals surface area contributed by atoms with Crippen LogP contribution in [0.3, 0.4) is 0 Å². The number of nitrogens with one attached hydrogen (secondary N) is 2. The first-order valence-electron chi connectivity index (χ1n) is 7.38. The Morgan fingerprint density at radius 2 is 2.04 bits per heavy atom. The summed E-state index contributed by atoms with van der Waals surface area (Å²) in [4.78, 5) is 23.7. The fourth-order valence-electron chi connectivity index (χ4n) is 2.30. The Bertz CT molecular complexity index is 920. The van der Waals surface area contributed by atoms with Crippen molar-refractivity contribution < 1.29 is 9.90 Å². The maximum absolute atomic E-state index is 10.9. The zero-order valence-electron chi connectivity index (χ0n) is 13.0. The summed E-state index contributed by atoms with van der Waals surface area (Å²) in [5.41, 5.74) is 6.79. The number of halogens is 1. The number of rotatable bonds is 5. The number of amides is 2. The van der Waals surface area contributed by atoms with Crippen molar-refractivity contribution in [2.24, 2.45) is 5.73 Å². The van der Waals surface area contributed by atoms with Crippen LogP contribution in [0.1, 0.15) is 11.6 Å². The molecule has 128 valence electrons. The Hall–Kier alpha value is -2.97. The van der Waals surface area contributed by atoms with Crippen LogP contribution in [0, 0.1) is 0 Å². The molecular formula is C16H15ClN6O2. The van der Waals surface area contributed by atoms with Gasteiger partial charge in [0, 0.05) is 5.02 Å². The predicted octanol–water partition coefficient (Wildman–Crippen LogP) is 2.31. The molecule has 0 saturated carbocycles. The highest BCUT2D eigenvalue weighted by atomic mass is 35.5. The molecule has 9 heteroatoms. The molecule has 2 aromatic heterocycles. The molecule has 8 nitrogen and oxygen atoms in total. The highest BCUT2D eigenvalue weighted by molar-refractivity contribution is 6.30. The predicted molar refractivity (Wildman–Crippen MR) is 95.4 cm³/mol. The summed E-state index contributed by atoms with van der Waals surface area (Å²) in [6.07, 6.45) is 1.54. The SMILES string of the molecule is NC(=O)Nc1ccc2ncc(N[C@H](CO)c3cccc(Cl)c3)nc2n1. The lowest BCUT2D eigenvalue weighted by atomic mass is 10.1. The van der Waals surface area contributed by atoms with Crippen LogP contribution in [0.25, 0.3) is 11.2 Å². The summed E-state index contributed by atoms with van der Waals surface area (Å²) in [5, 5.41) is 15.7. The van der Waals surface area contributed by atoms with Gasteiger partial charge in [0.15, 0.2) is 5.65 Å². The third-order valence-corrected chi connectivity index (χ3v) is 3.65. The highest BCUT2D eigenvalue weighted by Gasteiger charge is 2.12. The molecule has 0 aliphatic heterocycles. The molecule has 3 rings (SSSR count). The summed E-state index contributed by atoms with van der Waals surface area (Å²) < 4.78 is 0. The summed E-state index contributed by atoms with van der Waals surface area (Å²) in [6, 6.07) is 9.30. The van der Waals surface area contributed by atoms with E-state index in [-0.39, 0.29) is 12.4 Å². The normalized spacial score (nSPS) is 11.9. The molecule has 5 N–H and O–H groups in total. The van der Waals surface area contributed by atoms with E-state index in [0.29, 0.717) is 22.0 Å². The number of hydrogen-bond donors (Lipinski definition) is 4. The number of anilines is 2. The van der Waals surface area contributed by atoms with Crippen LogP contribution < -0.4 is 16.4 Å². The minimum absolute atomic E-state index is 0.156. The maximum Gasteiger partial charge on any atom is 0.317 e. The second-order valence-corrected chi connectivity index (χ2v) is 5.65. The van der Waals surface area contributed by atoms with E-state index in [1.807, 2.05) is 6.07 Å². The van der Waals surface area contributed by atoms with Crippen LogP contribution in [0.2, 0.25) is 5.02 Å². The van der Waals surface area contributed by atoms with Crippen molar-refractivity contribution in [1.82, 2.24) is 15.0 Å². The molecule has 0 bridgehead atoms. The summed E-state index contributed by atoms with van der Waals surface area (Å²) in [7, 11) is 0. The number of aliphatic hydroxyl groups is 1. The molecule has 2 heterocycles. The largest absolute Gasteiger partial charge is 0.394 e. The zero-order valence-corrected chi connectivity index (χ0v) is 13.7. The zero-order chi connectivity index (χ0) is 17.8. The number of pyridine rings is 1. The highest BCUT2D eigenvalue weighted by Crippen LogP contribution is 2.22. The smallest absolute Gasteiger partial charge is 0.317 e. The summed E-state index contributed by atoms with van der Waals surface area (Å²) in [6.45, 7) is -0.156. The maximum atomic E-state index is 10.9. The second kappa shape index (κ2) is 7.29. The number of benzene rings is 1. The quantitative estimate of drug-likeness (QED) is 0.554. The lowest BCUT2D eigenvalue weighted by Crippen LogP contribution is -2.20. The van der Waals surface area contributed by atoms with Crippen molar-refractivity contribution in [2.75, 3.05) is 17.2 Å². The molecular weight excluding hydrogens is 344 g/mol. The minimum Gasteiger partial charge on any atom is -0.394 e. The molecule has 0 aliphatic carbocycles. The molecule has 0 aliphatic rings. The van der Waals surface area contributed by atoms with Crippen molar-refractivity contribution in [3.63, 3.8) is 0 Å². The fraction of sp³-hybridized carbons (Fsp3) is 0.125. The van der Waals surface area contributed by atoms with Gasteiger partial charge in [-0.15, -0.1) is 0 Å². The number of aliphatic hydroxyl groups excluding tert-OH is 1. The molecule has 1 aromatic carbocycles. The van der Waals surface area contributed by atoms with E-state index >= 15 is 0 Å². The fourth-order valence-corrected chi connectivity index (χ4v) is 2.50. The molecule has 0 unspecified atom stereocenters. The van der Waals surface area contributed by atoms with Crippen LogP contribution in [0.5, 0.6) is 0 Å². The average Bonchev–Trinajstić information content (AvgIpc) is 2.58. The van der Waals surface area contributed by atoms with E-state index in [2.05, 4.69) is 25.6 Å². The van der Waals surface area contributed by atoms with E-state index in [9.17, 15) is 9.90 Å². The number of urea groups is 1. The van der Waals surface area contributed by atoms with Crippen LogP contribution in [0.4, 0.5) is 16.4 Å². The van der Waals surface area contributed by atoms with Gasteiger partial charge in [-0.05, 0) is 29.8 Å². The topological polar surface area (TPSA) is 126 Å². The van der Waals surface area contributed by atoms with Crippen LogP contribution in [-0.2, 0) is 0 Å². The summed E-state index contributed by atoms with van der Waals surface area (Å²) >= 11 is 5.99. The number of carbonyl (C=O) groups excluding carboxylic acids is 1. The van der Waals surface area contributed by atoms with Gasteiger partial charge < -0.3 is 16.2 Å². The Morgan fingerprint density at radius 3 is 2.76 bits per heavy atom. The van der Waals surface area contributed by atoms with E-state index < -0.39 is 12.1 Å². The third-order valence-electron chi connectivity index (χ3n) is 3.41. The Labute approximate surface area is 148 Å². The van der Waals surface area contributed by atoms with Crippen molar-refractivity contribution in [3.8, 4) is 0 Å². The van der Waals surface area contributed by atoms with Gasteiger partial charge in [-0.25, -0.2) is 19.7 Å². The summed E-state index contributed by atoms with van der Waals surface area (Å²) in [5.74, 6) is 0.704. The average molecular weight is 359 g/mol. The van der Waals surface area contributed by atoms with Gasteiger partial charge in [-0.1, -0.05) is 23.7 Å². The van der Waals surface area contributed by atoms with E-state index in [0.717, 1.165) is 5.56 Å². The molecule has 0 saturated heterocycles. The van der Waals surface area contributed by atoms with Gasteiger partial charge in [-0.3, -0.25) is 5.32 Å². The number of primary amides is 1. The molecule has 25 heavy (non-hydrogen) atoms. The molecule has 0 radical (unpaired) electrons. The molecule has 1 atom stereocenters. The monoisotopic (exact) mass is 358 g/mol. The van der Waals surface area contributed by atoms with E-state index in [1.54, 1.807) is 36.5 Å². The Kier molecular flexibility index (Phi) is 4.92. The van der Waals surface area contributed by atoms with Crippen molar-refractivity contribution in [1.29, 1.82) is 0 Å². The molecule has 0 spiro atoms. The first kappa shape index (κ1) is 16.9. The van der Waals surface area contributed by atoms with Crippen LogP contribution in [0.15, 0.2) is 42.6 Å². The number of aromatic nitrogens is 3. The van der Waals surface area contributed by atoms with Crippen molar-refractivity contribution in [2.45, 2.75) is 6.04 Å². The van der Waals surface area contributed by atoms with E-state index in [1.165, 1.54) is 0 Å². The number of fused-ring (bicyclic) bond motifs is 1. The standard InChI is InChI=1S/C16H15ClN6O2/c17-10-3-1-2-9(6-10)12(8-24)20-14-7-19-11-4-5-13(23-16(18)25)21-15(11)22-14/h1-7,12,24H,8H2,(H4,18,20,21,22,23,25)/t12-/m1/s1. The van der Waals surface area contributed by atoms with Gasteiger partial charge in [0.2, 0.25) is 0 Å². The van der Waals surface area contributed by atoms with Gasteiger partial charge in [0.05, 0.1) is 18.8 Å².